The Bertz CT molecular complexity index is 417. The zero-order valence-electron chi connectivity index (χ0n) is 12.5. The van der Waals surface area contributed by atoms with Crippen LogP contribution in [0.1, 0.15) is 30.5 Å². The van der Waals surface area contributed by atoms with Crippen LogP contribution in [0.2, 0.25) is 0 Å². The van der Waals surface area contributed by atoms with E-state index in [9.17, 15) is 0 Å². The number of nitrogens with zero attached hydrogens (tertiary/aromatic N) is 3. The predicted octanol–water partition coefficient (Wildman–Crippen LogP) is 1.47. The molecule has 4 nitrogen and oxygen atoms in total. The van der Waals surface area contributed by atoms with Crippen molar-refractivity contribution in [3.05, 3.63) is 29.6 Å². The molecule has 3 rings (SSSR count). The largest absolute Gasteiger partial charge is 0.316 e. The van der Waals surface area contributed by atoms with Gasteiger partial charge in [0, 0.05) is 31.9 Å². The second-order valence-corrected chi connectivity index (χ2v) is 6.11. The number of hydrogen-bond donors (Lipinski definition) is 1. The Balaban J connectivity index is 1.58. The summed E-state index contributed by atoms with van der Waals surface area (Å²) in [5, 5.41) is 3.16. The summed E-state index contributed by atoms with van der Waals surface area (Å²) in [4.78, 5) is 9.89. The summed E-state index contributed by atoms with van der Waals surface area (Å²) >= 11 is 0. The lowest BCUT2D eigenvalue weighted by Crippen LogP contribution is -2.36. The van der Waals surface area contributed by atoms with Crippen molar-refractivity contribution in [1.82, 2.24) is 20.1 Å². The number of aromatic nitrogens is 1. The summed E-state index contributed by atoms with van der Waals surface area (Å²) in [6, 6.07) is 5.17. The van der Waals surface area contributed by atoms with E-state index in [1.165, 1.54) is 56.7 Å². The molecule has 2 fully saturated rings. The van der Waals surface area contributed by atoms with Crippen molar-refractivity contribution >= 4 is 0 Å². The second-order valence-electron chi connectivity index (χ2n) is 6.11. The number of hydrogen-bond acceptors (Lipinski definition) is 4. The van der Waals surface area contributed by atoms with E-state index in [1.807, 2.05) is 13.2 Å². The molecule has 0 aliphatic carbocycles. The highest BCUT2D eigenvalue weighted by Crippen LogP contribution is 2.22. The maximum Gasteiger partial charge on any atom is 0.0544 e. The third kappa shape index (κ3) is 3.37. The van der Waals surface area contributed by atoms with Crippen LogP contribution in [0.25, 0.3) is 0 Å². The molecule has 2 saturated heterocycles. The Hall–Kier alpha value is -0.970. The molecule has 0 bridgehead atoms. The smallest absolute Gasteiger partial charge is 0.0544 e. The molecule has 0 aromatic carbocycles. The summed E-state index contributed by atoms with van der Waals surface area (Å²) in [6.45, 7) is 6.94. The topological polar surface area (TPSA) is 31.4 Å². The Labute approximate surface area is 122 Å². The molecule has 2 aliphatic heterocycles. The highest BCUT2D eigenvalue weighted by Gasteiger charge is 2.28. The van der Waals surface area contributed by atoms with Gasteiger partial charge >= 0.3 is 0 Å². The van der Waals surface area contributed by atoms with Crippen molar-refractivity contribution in [1.29, 1.82) is 0 Å². The van der Waals surface area contributed by atoms with Gasteiger partial charge in [-0.1, -0.05) is 6.07 Å². The zero-order chi connectivity index (χ0) is 13.8. The van der Waals surface area contributed by atoms with E-state index in [1.54, 1.807) is 0 Å². The minimum atomic E-state index is 0.793. The quantitative estimate of drug-likeness (QED) is 0.901. The van der Waals surface area contributed by atoms with Gasteiger partial charge in [0.15, 0.2) is 0 Å². The fourth-order valence-electron chi connectivity index (χ4n) is 3.51. The van der Waals surface area contributed by atoms with Crippen LogP contribution >= 0.6 is 0 Å². The van der Waals surface area contributed by atoms with Gasteiger partial charge in [0.2, 0.25) is 0 Å². The maximum absolute atomic E-state index is 4.61. The molecular formula is C16H26N4. The van der Waals surface area contributed by atoms with Gasteiger partial charge in [0.1, 0.15) is 0 Å². The molecule has 1 aromatic rings. The van der Waals surface area contributed by atoms with Gasteiger partial charge in [-0.25, -0.2) is 0 Å². The standard InChI is InChI=1S/C16H26N4/c1-17-10-14-5-6-15(18-11-14)12-19-7-3-9-20-8-2-4-16(20)13-19/h5-6,11,16-17H,2-4,7-10,12-13H2,1H3. The molecule has 0 radical (unpaired) electrons. The van der Waals surface area contributed by atoms with Crippen LogP contribution < -0.4 is 5.32 Å². The summed E-state index contributed by atoms with van der Waals surface area (Å²) in [5.41, 5.74) is 2.46. The van der Waals surface area contributed by atoms with Crippen LogP contribution in [0.3, 0.4) is 0 Å². The number of fused-ring (bicyclic) bond motifs is 1. The molecular weight excluding hydrogens is 248 g/mol. The Morgan fingerprint density at radius 2 is 2.15 bits per heavy atom. The summed E-state index contributed by atoms with van der Waals surface area (Å²) in [5.74, 6) is 0. The van der Waals surface area contributed by atoms with Gasteiger partial charge in [0.25, 0.3) is 0 Å². The van der Waals surface area contributed by atoms with Crippen LogP contribution in [0.5, 0.6) is 0 Å². The van der Waals surface area contributed by atoms with Gasteiger partial charge in [-0.3, -0.25) is 14.8 Å². The molecule has 20 heavy (non-hydrogen) atoms. The highest BCUT2D eigenvalue weighted by molar-refractivity contribution is 5.14. The van der Waals surface area contributed by atoms with Gasteiger partial charge < -0.3 is 5.32 Å². The van der Waals surface area contributed by atoms with Crippen molar-refractivity contribution in [2.24, 2.45) is 0 Å². The number of pyridine rings is 1. The molecule has 0 spiro atoms. The Morgan fingerprint density at radius 1 is 1.25 bits per heavy atom. The lowest BCUT2D eigenvalue weighted by Gasteiger charge is -2.25. The molecule has 110 valence electrons. The van der Waals surface area contributed by atoms with Crippen molar-refractivity contribution in [3.8, 4) is 0 Å². The van der Waals surface area contributed by atoms with Crippen LogP contribution in [-0.2, 0) is 13.1 Å². The van der Waals surface area contributed by atoms with E-state index in [-0.39, 0.29) is 0 Å². The van der Waals surface area contributed by atoms with Gasteiger partial charge in [0.05, 0.1) is 5.69 Å². The van der Waals surface area contributed by atoms with E-state index >= 15 is 0 Å². The van der Waals surface area contributed by atoms with Crippen LogP contribution in [-0.4, -0.2) is 54.1 Å². The van der Waals surface area contributed by atoms with E-state index in [0.717, 1.165) is 19.1 Å². The lowest BCUT2D eigenvalue weighted by molar-refractivity contribution is 0.214. The Kier molecular flexibility index (Phi) is 4.65. The molecule has 4 heteroatoms. The van der Waals surface area contributed by atoms with Crippen molar-refractivity contribution in [2.45, 2.75) is 38.4 Å². The minimum absolute atomic E-state index is 0.793. The zero-order valence-corrected chi connectivity index (χ0v) is 12.5. The number of rotatable bonds is 4. The van der Waals surface area contributed by atoms with Crippen molar-refractivity contribution in [2.75, 3.05) is 33.2 Å². The molecule has 1 aromatic heterocycles. The molecule has 0 amide bonds. The maximum atomic E-state index is 4.61. The lowest BCUT2D eigenvalue weighted by atomic mass is 10.2. The molecule has 1 N–H and O–H groups in total. The van der Waals surface area contributed by atoms with Gasteiger partial charge in [-0.15, -0.1) is 0 Å². The SMILES string of the molecule is CNCc1ccc(CN2CCCN3CCCC3C2)nc1. The van der Waals surface area contributed by atoms with Crippen LogP contribution in [0.15, 0.2) is 18.3 Å². The predicted molar refractivity (Wildman–Crippen MR) is 81.5 cm³/mol. The summed E-state index contributed by atoms with van der Waals surface area (Å²) < 4.78 is 0. The fourth-order valence-corrected chi connectivity index (χ4v) is 3.51. The van der Waals surface area contributed by atoms with Gasteiger partial charge in [-0.05, 0) is 57.6 Å². The molecule has 1 unspecified atom stereocenters. The average molecular weight is 274 g/mol. The number of nitrogens with one attached hydrogen (secondary N) is 1. The van der Waals surface area contributed by atoms with Crippen LogP contribution in [0.4, 0.5) is 0 Å². The molecule has 0 saturated carbocycles. The third-order valence-corrected chi connectivity index (χ3v) is 4.54. The first-order valence-electron chi connectivity index (χ1n) is 7.90. The minimum Gasteiger partial charge on any atom is -0.316 e. The van der Waals surface area contributed by atoms with E-state index in [4.69, 9.17) is 0 Å². The normalized spacial score (nSPS) is 24.6. The van der Waals surface area contributed by atoms with E-state index < -0.39 is 0 Å². The summed E-state index contributed by atoms with van der Waals surface area (Å²) in [7, 11) is 1.97. The van der Waals surface area contributed by atoms with E-state index in [2.05, 4.69) is 32.2 Å². The third-order valence-electron chi connectivity index (χ3n) is 4.54. The molecule has 1 atom stereocenters. The Morgan fingerprint density at radius 3 is 2.95 bits per heavy atom. The monoisotopic (exact) mass is 274 g/mol. The van der Waals surface area contributed by atoms with Crippen molar-refractivity contribution in [3.63, 3.8) is 0 Å². The molecule has 3 heterocycles. The fraction of sp³-hybridized carbons (Fsp3) is 0.688. The first kappa shape index (κ1) is 14.0. The van der Waals surface area contributed by atoms with E-state index in [0.29, 0.717) is 0 Å². The highest BCUT2D eigenvalue weighted by atomic mass is 15.3. The van der Waals surface area contributed by atoms with Crippen LogP contribution in [0, 0.1) is 0 Å². The first-order chi connectivity index (χ1) is 9.85. The van der Waals surface area contributed by atoms with Crippen molar-refractivity contribution < 1.29 is 0 Å². The average Bonchev–Trinajstić information content (AvgIpc) is 2.80. The first-order valence-corrected chi connectivity index (χ1v) is 7.90. The second kappa shape index (κ2) is 6.66. The molecule has 2 aliphatic rings. The van der Waals surface area contributed by atoms with Gasteiger partial charge in [-0.2, -0.15) is 0 Å². The summed E-state index contributed by atoms with van der Waals surface area (Å²) in [6.07, 6.45) is 6.07.